The fourth-order valence-electron chi connectivity index (χ4n) is 3.43. The minimum Gasteiger partial charge on any atom is -0.369 e. The predicted molar refractivity (Wildman–Crippen MR) is 80.1 cm³/mol. The molecule has 4 nitrogen and oxygen atoms in total. The van der Waals surface area contributed by atoms with Gasteiger partial charge in [-0.2, -0.15) is 5.26 Å². The van der Waals surface area contributed by atoms with E-state index >= 15 is 0 Å². The van der Waals surface area contributed by atoms with Crippen molar-refractivity contribution >= 4 is 17.0 Å². The maximum absolute atomic E-state index is 9.20. The third kappa shape index (κ3) is 2.03. The Bertz CT molecular complexity index is 665. The number of nitrogen functional groups attached to an aromatic ring is 1. The van der Waals surface area contributed by atoms with E-state index in [2.05, 4.69) is 22.5 Å². The molecule has 0 bridgehead atoms. The molecule has 1 fully saturated rings. The second-order valence-corrected chi connectivity index (χ2v) is 5.81. The largest absolute Gasteiger partial charge is 0.369 e. The lowest BCUT2D eigenvalue weighted by Crippen LogP contribution is -2.18. The van der Waals surface area contributed by atoms with Gasteiger partial charge in [-0.15, -0.1) is 0 Å². The number of anilines is 1. The Kier molecular flexibility index (Phi) is 3.35. The summed E-state index contributed by atoms with van der Waals surface area (Å²) in [5, 5.41) is 9.20. The quantitative estimate of drug-likeness (QED) is 0.803. The van der Waals surface area contributed by atoms with E-state index < -0.39 is 0 Å². The van der Waals surface area contributed by atoms with Crippen LogP contribution in [0, 0.1) is 17.2 Å². The Morgan fingerprint density at radius 2 is 2.10 bits per heavy atom. The van der Waals surface area contributed by atoms with E-state index in [9.17, 15) is 5.26 Å². The molecule has 2 atom stereocenters. The molecule has 3 rings (SSSR count). The molecular weight excluding hydrogens is 248 g/mol. The first kappa shape index (κ1) is 13.0. The van der Waals surface area contributed by atoms with Gasteiger partial charge in [-0.3, -0.25) is 0 Å². The number of fused-ring (bicyclic) bond motifs is 1. The van der Waals surface area contributed by atoms with Gasteiger partial charge in [0.1, 0.15) is 11.6 Å². The lowest BCUT2D eigenvalue weighted by atomic mass is 9.96. The number of nitrogens with zero attached hydrogens (tertiary/aromatic N) is 3. The van der Waals surface area contributed by atoms with Crippen molar-refractivity contribution in [3.8, 4) is 6.07 Å². The van der Waals surface area contributed by atoms with Crippen LogP contribution < -0.4 is 5.73 Å². The van der Waals surface area contributed by atoms with Gasteiger partial charge in [-0.1, -0.05) is 32.3 Å². The number of nitriles is 1. The van der Waals surface area contributed by atoms with Gasteiger partial charge < -0.3 is 10.3 Å². The summed E-state index contributed by atoms with van der Waals surface area (Å²) >= 11 is 0. The predicted octanol–water partition coefficient (Wildman–Crippen LogP) is 3.63. The molecule has 4 heteroatoms. The van der Waals surface area contributed by atoms with Crippen molar-refractivity contribution in [3.05, 3.63) is 23.8 Å². The van der Waals surface area contributed by atoms with Gasteiger partial charge in [0.15, 0.2) is 0 Å². The Morgan fingerprint density at radius 3 is 2.90 bits per heavy atom. The third-order valence-electron chi connectivity index (χ3n) is 4.52. The molecule has 20 heavy (non-hydrogen) atoms. The SMILES string of the molecule is CC1CCCCCC1n1c(N)nc2c(C#N)cccc21. The first-order chi connectivity index (χ1) is 9.72. The molecule has 2 aromatic rings. The van der Waals surface area contributed by atoms with Gasteiger partial charge in [0, 0.05) is 6.04 Å². The number of para-hydroxylation sites is 1. The van der Waals surface area contributed by atoms with Crippen molar-refractivity contribution in [2.45, 2.75) is 45.1 Å². The second kappa shape index (κ2) is 5.16. The van der Waals surface area contributed by atoms with Crippen molar-refractivity contribution in [1.82, 2.24) is 9.55 Å². The molecule has 1 saturated carbocycles. The highest BCUT2D eigenvalue weighted by Gasteiger charge is 2.25. The Hall–Kier alpha value is -2.02. The van der Waals surface area contributed by atoms with Crippen molar-refractivity contribution in [3.63, 3.8) is 0 Å². The second-order valence-electron chi connectivity index (χ2n) is 5.81. The van der Waals surface area contributed by atoms with Crippen LogP contribution in [0.25, 0.3) is 11.0 Å². The molecule has 0 saturated heterocycles. The molecule has 0 spiro atoms. The number of hydrogen-bond acceptors (Lipinski definition) is 3. The summed E-state index contributed by atoms with van der Waals surface area (Å²) in [7, 11) is 0. The number of benzene rings is 1. The van der Waals surface area contributed by atoms with Crippen LogP contribution in [0.15, 0.2) is 18.2 Å². The van der Waals surface area contributed by atoms with E-state index in [-0.39, 0.29) is 0 Å². The zero-order valence-corrected chi connectivity index (χ0v) is 11.8. The molecule has 1 aliphatic rings. The minimum absolute atomic E-state index is 0.399. The van der Waals surface area contributed by atoms with Gasteiger partial charge in [-0.05, 0) is 30.9 Å². The van der Waals surface area contributed by atoms with Gasteiger partial charge in [0.05, 0.1) is 11.1 Å². The normalized spacial score (nSPS) is 23.4. The molecule has 1 heterocycles. The summed E-state index contributed by atoms with van der Waals surface area (Å²) in [4.78, 5) is 4.44. The van der Waals surface area contributed by atoms with E-state index in [0.717, 1.165) is 17.5 Å². The van der Waals surface area contributed by atoms with Crippen LogP contribution in [0.3, 0.4) is 0 Å². The summed E-state index contributed by atoms with van der Waals surface area (Å²) in [6.07, 6.45) is 6.23. The van der Waals surface area contributed by atoms with Crippen LogP contribution in [0.4, 0.5) is 5.95 Å². The zero-order chi connectivity index (χ0) is 14.1. The highest BCUT2D eigenvalue weighted by atomic mass is 15.2. The molecule has 104 valence electrons. The van der Waals surface area contributed by atoms with Gasteiger partial charge in [0.25, 0.3) is 0 Å². The fourth-order valence-corrected chi connectivity index (χ4v) is 3.43. The Labute approximate surface area is 119 Å². The zero-order valence-electron chi connectivity index (χ0n) is 11.8. The van der Waals surface area contributed by atoms with E-state index in [4.69, 9.17) is 5.73 Å². The molecule has 1 aliphatic carbocycles. The maximum atomic E-state index is 9.20. The van der Waals surface area contributed by atoms with Crippen LogP contribution in [0.1, 0.15) is 50.6 Å². The van der Waals surface area contributed by atoms with Gasteiger partial charge in [-0.25, -0.2) is 4.98 Å². The number of hydrogen-bond donors (Lipinski definition) is 1. The molecule has 2 unspecified atom stereocenters. The van der Waals surface area contributed by atoms with Gasteiger partial charge >= 0.3 is 0 Å². The van der Waals surface area contributed by atoms with Crippen molar-refractivity contribution in [1.29, 1.82) is 5.26 Å². The number of rotatable bonds is 1. The number of aromatic nitrogens is 2. The molecule has 1 aromatic carbocycles. The topological polar surface area (TPSA) is 67.6 Å². The van der Waals surface area contributed by atoms with Gasteiger partial charge in [0.2, 0.25) is 5.95 Å². The lowest BCUT2D eigenvalue weighted by Gasteiger charge is -2.24. The van der Waals surface area contributed by atoms with E-state index in [1.807, 2.05) is 12.1 Å². The summed E-state index contributed by atoms with van der Waals surface area (Å²) in [5.74, 6) is 1.14. The Balaban J connectivity index is 2.15. The summed E-state index contributed by atoms with van der Waals surface area (Å²) < 4.78 is 2.16. The number of imidazole rings is 1. The van der Waals surface area contributed by atoms with Crippen molar-refractivity contribution in [2.24, 2.45) is 5.92 Å². The monoisotopic (exact) mass is 268 g/mol. The van der Waals surface area contributed by atoms with Crippen LogP contribution >= 0.6 is 0 Å². The van der Waals surface area contributed by atoms with Crippen LogP contribution in [-0.4, -0.2) is 9.55 Å². The third-order valence-corrected chi connectivity index (χ3v) is 4.52. The van der Waals surface area contributed by atoms with Crippen molar-refractivity contribution in [2.75, 3.05) is 5.73 Å². The molecule has 0 amide bonds. The van der Waals surface area contributed by atoms with Crippen LogP contribution in [0.5, 0.6) is 0 Å². The molecule has 1 aromatic heterocycles. The van der Waals surface area contributed by atoms with Crippen molar-refractivity contribution < 1.29 is 0 Å². The lowest BCUT2D eigenvalue weighted by molar-refractivity contribution is 0.344. The first-order valence-corrected chi connectivity index (χ1v) is 7.39. The average Bonchev–Trinajstić information content (AvgIpc) is 2.63. The molecular formula is C16H20N4. The summed E-state index contributed by atoms with van der Waals surface area (Å²) in [5.41, 5.74) is 8.51. The standard InChI is InChI=1S/C16H20N4/c1-11-6-3-2-4-8-13(11)20-14-9-5-7-12(10-17)15(14)19-16(20)18/h5,7,9,11,13H,2-4,6,8H2,1H3,(H2,18,19). The van der Waals surface area contributed by atoms with Crippen LogP contribution in [0.2, 0.25) is 0 Å². The summed E-state index contributed by atoms with van der Waals surface area (Å²) in [6.45, 7) is 2.30. The molecule has 2 N–H and O–H groups in total. The maximum Gasteiger partial charge on any atom is 0.201 e. The first-order valence-electron chi connectivity index (χ1n) is 7.39. The average molecular weight is 268 g/mol. The van der Waals surface area contributed by atoms with E-state index in [0.29, 0.717) is 23.5 Å². The highest BCUT2D eigenvalue weighted by Crippen LogP contribution is 2.36. The smallest absolute Gasteiger partial charge is 0.201 e. The highest BCUT2D eigenvalue weighted by molar-refractivity contribution is 5.84. The minimum atomic E-state index is 0.399. The van der Waals surface area contributed by atoms with E-state index in [1.54, 1.807) is 6.07 Å². The number of nitrogens with two attached hydrogens (primary N) is 1. The summed E-state index contributed by atoms with van der Waals surface area (Å²) in [6, 6.07) is 8.35. The molecule has 0 radical (unpaired) electrons. The Morgan fingerprint density at radius 1 is 1.30 bits per heavy atom. The van der Waals surface area contributed by atoms with Crippen LogP contribution in [-0.2, 0) is 0 Å². The fraction of sp³-hybridized carbons (Fsp3) is 0.500. The van der Waals surface area contributed by atoms with E-state index in [1.165, 1.54) is 25.7 Å². The molecule has 0 aliphatic heterocycles.